The van der Waals surface area contributed by atoms with Crippen LogP contribution in [-0.4, -0.2) is 33.8 Å². The van der Waals surface area contributed by atoms with Gasteiger partial charge in [-0.05, 0) is 30.2 Å². The van der Waals surface area contributed by atoms with E-state index >= 15 is 0 Å². The normalized spacial score (nSPS) is 10.6. The van der Waals surface area contributed by atoms with E-state index in [1.807, 2.05) is 24.3 Å². The highest BCUT2D eigenvalue weighted by Gasteiger charge is 2.10. The van der Waals surface area contributed by atoms with Crippen LogP contribution in [0.1, 0.15) is 28.8 Å². The third-order valence-corrected chi connectivity index (χ3v) is 3.90. The monoisotopic (exact) mass is 353 g/mol. The predicted molar refractivity (Wildman–Crippen MR) is 96.1 cm³/mol. The number of aromatic amines is 1. The van der Waals surface area contributed by atoms with Gasteiger partial charge in [0, 0.05) is 18.4 Å². The van der Waals surface area contributed by atoms with Crippen LogP contribution >= 0.6 is 0 Å². The molecule has 0 bridgehead atoms. The van der Waals surface area contributed by atoms with E-state index in [1.54, 1.807) is 24.4 Å². The van der Waals surface area contributed by atoms with Gasteiger partial charge in [0.25, 0.3) is 5.91 Å². The van der Waals surface area contributed by atoms with Gasteiger partial charge in [-0.25, -0.2) is 0 Å². The van der Waals surface area contributed by atoms with E-state index in [1.165, 1.54) is 0 Å². The van der Waals surface area contributed by atoms with Gasteiger partial charge >= 0.3 is 5.97 Å². The number of rotatable bonds is 8. The number of para-hydroxylation sites is 1. The fraction of sp³-hybridized carbons (Fsp3) is 0.211. The van der Waals surface area contributed by atoms with E-state index in [-0.39, 0.29) is 12.3 Å². The second kappa shape index (κ2) is 8.15. The van der Waals surface area contributed by atoms with Gasteiger partial charge in [0.05, 0.1) is 23.9 Å². The van der Waals surface area contributed by atoms with Gasteiger partial charge in [-0.2, -0.15) is 5.10 Å². The molecule has 0 aliphatic carbocycles. The number of carbonyl (C=O) groups is 2. The summed E-state index contributed by atoms with van der Waals surface area (Å²) in [5.74, 6) is -0.327. The molecule has 3 N–H and O–H groups in total. The minimum atomic E-state index is -0.828. The van der Waals surface area contributed by atoms with Gasteiger partial charge in [0.2, 0.25) is 0 Å². The summed E-state index contributed by atoms with van der Waals surface area (Å²) in [7, 11) is 0. The third-order valence-electron chi connectivity index (χ3n) is 3.90. The molecule has 3 aromatic rings. The Hall–Kier alpha value is -3.35. The number of fused-ring (bicyclic) bond motifs is 1. The van der Waals surface area contributed by atoms with Crippen molar-refractivity contribution in [2.24, 2.45) is 0 Å². The highest BCUT2D eigenvalue weighted by atomic mass is 16.5. The first-order valence-corrected chi connectivity index (χ1v) is 8.27. The van der Waals surface area contributed by atoms with E-state index in [9.17, 15) is 9.59 Å². The van der Waals surface area contributed by atoms with Crippen molar-refractivity contribution in [1.29, 1.82) is 0 Å². The molecule has 0 spiro atoms. The molecule has 26 heavy (non-hydrogen) atoms. The van der Waals surface area contributed by atoms with Crippen LogP contribution in [-0.2, 0) is 11.3 Å². The van der Waals surface area contributed by atoms with Gasteiger partial charge in [-0.3, -0.25) is 14.7 Å². The molecule has 0 radical (unpaired) electrons. The second-order valence-electron chi connectivity index (χ2n) is 5.81. The summed E-state index contributed by atoms with van der Waals surface area (Å²) in [6.07, 6.45) is 2.24. The zero-order valence-electron chi connectivity index (χ0n) is 14.1. The van der Waals surface area contributed by atoms with Crippen molar-refractivity contribution in [1.82, 2.24) is 15.5 Å². The lowest BCUT2D eigenvalue weighted by molar-refractivity contribution is -0.137. The average Bonchev–Trinajstić information content (AvgIpc) is 3.13. The summed E-state index contributed by atoms with van der Waals surface area (Å²) in [5, 5.41) is 19.2. The van der Waals surface area contributed by atoms with Crippen LogP contribution in [0.25, 0.3) is 10.9 Å². The number of aliphatic carboxylic acids is 1. The Morgan fingerprint density at radius 1 is 1.15 bits per heavy atom. The molecule has 0 fully saturated rings. The summed E-state index contributed by atoms with van der Waals surface area (Å²) in [6, 6.07) is 12.8. The van der Waals surface area contributed by atoms with Gasteiger partial charge in [-0.15, -0.1) is 0 Å². The molecule has 1 heterocycles. The van der Waals surface area contributed by atoms with E-state index in [4.69, 9.17) is 9.84 Å². The highest BCUT2D eigenvalue weighted by Crippen LogP contribution is 2.16. The molecule has 1 aromatic heterocycles. The van der Waals surface area contributed by atoms with Crippen molar-refractivity contribution in [3.63, 3.8) is 0 Å². The number of H-pyrrole nitrogens is 1. The van der Waals surface area contributed by atoms with Crippen molar-refractivity contribution >= 4 is 22.8 Å². The Morgan fingerprint density at radius 3 is 2.73 bits per heavy atom. The topological polar surface area (TPSA) is 104 Å². The molecule has 0 aliphatic heterocycles. The molecule has 1 amide bonds. The van der Waals surface area contributed by atoms with E-state index in [2.05, 4.69) is 15.5 Å². The van der Waals surface area contributed by atoms with Gasteiger partial charge in [0.1, 0.15) is 5.75 Å². The molecule has 0 atom stereocenters. The fourth-order valence-corrected chi connectivity index (χ4v) is 2.55. The maximum Gasteiger partial charge on any atom is 0.303 e. The zero-order chi connectivity index (χ0) is 18.4. The molecule has 7 heteroatoms. The third kappa shape index (κ3) is 4.38. The maximum atomic E-state index is 12.4. The molecule has 0 saturated heterocycles. The zero-order valence-corrected chi connectivity index (χ0v) is 14.1. The molecular weight excluding hydrogens is 334 g/mol. The van der Waals surface area contributed by atoms with Gasteiger partial charge in [0.15, 0.2) is 0 Å². The molecule has 0 saturated carbocycles. The van der Waals surface area contributed by atoms with E-state index in [0.29, 0.717) is 30.9 Å². The quantitative estimate of drug-likeness (QED) is 0.540. The summed E-state index contributed by atoms with van der Waals surface area (Å²) < 4.78 is 5.48. The number of aromatic nitrogens is 2. The Labute approximate surface area is 150 Å². The Bertz CT molecular complexity index is 903. The lowest BCUT2D eigenvalue weighted by Gasteiger charge is -2.08. The summed E-state index contributed by atoms with van der Waals surface area (Å²) in [6.45, 7) is 0.749. The first kappa shape index (κ1) is 17.5. The number of amides is 1. The number of ether oxygens (including phenoxy) is 1. The minimum absolute atomic E-state index is 0.0905. The van der Waals surface area contributed by atoms with Crippen molar-refractivity contribution in [2.75, 3.05) is 6.61 Å². The number of hydrogen-bond acceptors (Lipinski definition) is 4. The SMILES string of the molecule is O=C(O)CCCOc1ccc(CNC(=O)c2cccc3cn[nH]c23)cc1. The van der Waals surface area contributed by atoms with Crippen LogP contribution in [0, 0.1) is 0 Å². The van der Waals surface area contributed by atoms with Gasteiger partial charge in [-0.1, -0.05) is 24.3 Å². The summed E-state index contributed by atoms with van der Waals surface area (Å²) >= 11 is 0. The first-order chi connectivity index (χ1) is 12.6. The minimum Gasteiger partial charge on any atom is -0.494 e. The van der Waals surface area contributed by atoms with Crippen molar-refractivity contribution in [3.8, 4) is 5.75 Å². The molecular formula is C19H19N3O4. The van der Waals surface area contributed by atoms with Crippen molar-refractivity contribution in [3.05, 3.63) is 59.8 Å². The Balaban J connectivity index is 1.52. The number of nitrogens with one attached hydrogen (secondary N) is 2. The van der Waals surface area contributed by atoms with Crippen LogP contribution in [0.5, 0.6) is 5.75 Å². The molecule has 2 aromatic carbocycles. The molecule has 7 nitrogen and oxygen atoms in total. The number of benzene rings is 2. The molecule has 0 aliphatic rings. The standard InChI is InChI=1S/C19H19N3O4/c23-17(24)5-2-10-26-15-8-6-13(7-9-15)11-20-19(25)16-4-1-3-14-12-21-22-18(14)16/h1,3-4,6-9,12H,2,5,10-11H2,(H,20,25)(H,21,22)(H,23,24). The number of nitrogens with zero attached hydrogens (tertiary/aromatic N) is 1. The lowest BCUT2D eigenvalue weighted by Crippen LogP contribution is -2.23. The highest BCUT2D eigenvalue weighted by molar-refractivity contribution is 6.05. The number of carboxylic acids is 1. The van der Waals surface area contributed by atoms with Crippen molar-refractivity contribution in [2.45, 2.75) is 19.4 Å². The average molecular weight is 353 g/mol. The smallest absolute Gasteiger partial charge is 0.303 e. The summed E-state index contributed by atoms with van der Waals surface area (Å²) in [4.78, 5) is 22.8. The van der Waals surface area contributed by atoms with Crippen LogP contribution in [0.3, 0.4) is 0 Å². The van der Waals surface area contributed by atoms with Crippen LogP contribution in [0.15, 0.2) is 48.7 Å². The number of hydrogen-bond donors (Lipinski definition) is 3. The number of carbonyl (C=O) groups excluding carboxylic acids is 1. The van der Waals surface area contributed by atoms with Crippen molar-refractivity contribution < 1.29 is 19.4 Å². The predicted octanol–water partition coefficient (Wildman–Crippen LogP) is 2.74. The molecule has 134 valence electrons. The maximum absolute atomic E-state index is 12.4. The van der Waals surface area contributed by atoms with E-state index in [0.717, 1.165) is 16.5 Å². The van der Waals surface area contributed by atoms with E-state index < -0.39 is 5.97 Å². The Kier molecular flexibility index (Phi) is 5.48. The summed E-state index contributed by atoms with van der Waals surface area (Å²) in [5.41, 5.74) is 2.21. The van der Waals surface area contributed by atoms with Crippen LogP contribution < -0.4 is 10.1 Å². The van der Waals surface area contributed by atoms with Gasteiger partial charge < -0.3 is 15.2 Å². The first-order valence-electron chi connectivity index (χ1n) is 8.27. The molecule has 0 unspecified atom stereocenters. The fourth-order valence-electron chi connectivity index (χ4n) is 2.55. The lowest BCUT2D eigenvalue weighted by atomic mass is 10.1. The van der Waals surface area contributed by atoms with Crippen LogP contribution in [0.2, 0.25) is 0 Å². The Morgan fingerprint density at radius 2 is 1.96 bits per heavy atom. The second-order valence-corrected chi connectivity index (χ2v) is 5.81. The molecule has 3 rings (SSSR count). The van der Waals surface area contributed by atoms with Crippen LogP contribution in [0.4, 0.5) is 0 Å². The largest absolute Gasteiger partial charge is 0.494 e. The number of carboxylic acid groups (broad SMARTS) is 1.